The molecule has 0 aromatic rings. The van der Waals surface area contributed by atoms with E-state index in [0.29, 0.717) is 0 Å². The second-order valence-electron chi connectivity index (χ2n) is 5.08. The lowest BCUT2D eigenvalue weighted by atomic mass is 9.88. The topological polar surface area (TPSA) is 106 Å². The summed E-state index contributed by atoms with van der Waals surface area (Å²) < 4.78 is 0. The highest BCUT2D eigenvalue weighted by atomic mass is 16.4. The molecule has 0 amide bonds. The molecule has 0 unspecified atom stereocenters. The highest BCUT2D eigenvalue weighted by molar-refractivity contribution is 5.85. The van der Waals surface area contributed by atoms with Crippen molar-refractivity contribution in [2.75, 3.05) is 0 Å². The first kappa shape index (κ1) is 24.4. The Morgan fingerprint density at radius 3 is 1.38 bits per heavy atom. The maximum Gasteiger partial charge on any atom is 0.330 e. The largest absolute Gasteiger partial charge is 0.478 e. The van der Waals surface area contributed by atoms with Crippen molar-refractivity contribution >= 4 is 11.9 Å². The lowest BCUT2D eigenvalue weighted by Crippen LogP contribution is -2.03. The summed E-state index contributed by atoms with van der Waals surface area (Å²) in [6.45, 7) is 11.5. The fourth-order valence-corrected chi connectivity index (χ4v) is 1.60. The summed E-state index contributed by atoms with van der Waals surface area (Å²) in [5.74, 6) is -0.784. The fraction of sp³-hybridized carbons (Fsp3) is 0.625. The Morgan fingerprint density at radius 1 is 0.952 bits per heavy atom. The SMILES string of the molecule is C=C(C)C(=O)O.C=C(C)C(=O)O.CCC1CCCCC1.O. The van der Waals surface area contributed by atoms with Gasteiger partial charge in [-0.2, -0.15) is 0 Å². The Bertz CT molecular complexity index is 280. The van der Waals surface area contributed by atoms with Crippen LogP contribution in [0.4, 0.5) is 0 Å². The van der Waals surface area contributed by atoms with Gasteiger partial charge >= 0.3 is 11.9 Å². The predicted octanol–water partition coefficient (Wildman–Crippen LogP) is 3.45. The van der Waals surface area contributed by atoms with Crippen LogP contribution < -0.4 is 0 Å². The third kappa shape index (κ3) is 18.4. The van der Waals surface area contributed by atoms with Crippen LogP contribution in [0, 0.1) is 5.92 Å². The standard InChI is InChI=1S/C8H16.2C4H6O2.H2O/c1-2-8-6-4-3-5-7-8;2*1-3(2)4(5)6;/h8H,2-7H2,1H3;2*1H2,2H3,(H,5,6);1H2. The minimum absolute atomic E-state index is 0. The molecule has 1 aliphatic rings. The summed E-state index contributed by atoms with van der Waals surface area (Å²) in [7, 11) is 0. The predicted molar refractivity (Wildman–Crippen MR) is 85.4 cm³/mol. The zero-order chi connectivity index (χ0) is 16.1. The summed E-state index contributed by atoms with van der Waals surface area (Å²) >= 11 is 0. The number of aliphatic carboxylic acids is 2. The quantitative estimate of drug-likeness (QED) is 0.778. The van der Waals surface area contributed by atoms with Crippen molar-refractivity contribution in [1.82, 2.24) is 0 Å². The summed E-state index contributed by atoms with van der Waals surface area (Å²) in [6.07, 6.45) is 8.93. The van der Waals surface area contributed by atoms with E-state index in [9.17, 15) is 9.59 Å². The average molecular weight is 302 g/mol. The summed E-state index contributed by atoms with van der Waals surface area (Å²) in [6, 6.07) is 0. The first-order valence-corrected chi connectivity index (χ1v) is 6.99. The first-order chi connectivity index (χ1) is 9.22. The van der Waals surface area contributed by atoms with E-state index in [1.807, 2.05) is 0 Å². The van der Waals surface area contributed by atoms with Gasteiger partial charge in [-0.15, -0.1) is 0 Å². The molecular weight excluding hydrogens is 272 g/mol. The Kier molecular flexibility index (Phi) is 17.2. The zero-order valence-electron chi connectivity index (χ0n) is 13.4. The van der Waals surface area contributed by atoms with Gasteiger partial charge in [0, 0.05) is 11.1 Å². The lowest BCUT2D eigenvalue weighted by molar-refractivity contribution is -0.133. The maximum atomic E-state index is 9.60. The van der Waals surface area contributed by atoms with Crippen LogP contribution in [0.3, 0.4) is 0 Å². The third-order valence-corrected chi connectivity index (χ3v) is 3.03. The number of carboxylic acids is 2. The van der Waals surface area contributed by atoms with Gasteiger partial charge in [0.05, 0.1) is 0 Å². The molecule has 124 valence electrons. The molecule has 1 saturated carbocycles. The molecule has 0 saturated heterocycles. The van der Waals surface area contributed by atoms with Crippen LogP contribution in [0.15, 0.2) is 24.3 Å². The first-order valence-electron chi connectivity index (χ1n) is 6.99. The number of rotatable bonds is 3. The number of hydrogen-bond acceptors (Lipinski definition) is 2. The van der Waals surface area contributed by atoms with Gasteiger partial charge in [-0.05, 0) is 19.8 Å². The van der Waals surface area contributed by atoms with Crippen molar-refractivity contribution in [2.45, 2.75) is 59.3 Å². The fourth-order valence-electron chi connectivity index (χ4n) is 1.60. The molecule has 0 aliphatic heterocycles. The number of carboxylic acid groups (broad SMARTS) is 2. The lowest BCUT2D eigenvalue weighted by Gasteiger charge is -2.18. The van der Waals surface area contributed by atoms with Crippen LogP contribution in [-0.4, -0.2) is 27.6 Å². The molecular formula is C16H30O5. The van der Waals surface area contributed by atoms with E-state index >= 15 is 0 Å². The van der Waals surface area contributed by atoms with Crippen LogP contribution >= 0.6 is 0 Å². The molecule has 0 heterocycles. The summed E-state index contributed by atoms with van der Waals surface area (Å²) in [4.78, 5) is 19.2. The van der Waals surface area contributed by atoms with Gasteiger partial charge in [-0.1, -0.05) is 58.6 Å². The highest BCUT2D eigenvalue weighted by Crippen LogP contribution is 2.25. The molecule has 21 heavy (non-hydrogen) atoms. The normalized spacial score (nSPS) is 13.3. The van der Waals surface area contributed by atoms with Gasteiger partial charge in [-0.3, -0.25) is 0 Å². The molecule has 1 fully saturated rings. The summed E-state index contributed by atoms with van der Waals surface area (Å²) in [5, 5.41) is 15.8. The van der Waals surface area contributed by atoms with Crippen molar-refractivity contribution < 1.29 is 25.3 Å². The van der Waals surface area contributed by atoms with Gasteiger partial charge in [0.1, 0.15) is 0 Å². The van der Waals surface area contributed by atoms with Crippen LogP contribution in [0.25, 0.3) is 0 Å². The Labute approximate surface area is 127 Å². The molecule has 0 atom stereocenters. The van der Waals surface area contributed by atoms with Crippen molar-refractivity contribution in [1.29, 1.82) is 0 Å². The Morgan fingerprint density at radius 2 is 1.24 bits per heavy atom. The van der Waals surface area contributed by atoms with Crippen LogP contribution in [-0.2, 0) is 9.59 Å². The molecule has 1 aliphatic carbocycles. The molecule has 0 aromatic heterocycles. The van der Waals surface area contributed by atoms with Gasteiger partial charge in [0.15, 0.2) is 0 Å². The van der Waals surface area contributed by atoms with Crippen LogP contribution in [0.5, 0.6) is 0 Å². The van der Waals surface area contributed by atoms with Crippen molar-refractivity contribution in [3.05, 3.63) is 24.3 Å². The Hall–Kier alpha value is -1.62. The maximum absolute atomic E-state index is 9.60. The van der Waals surface area contributed by atoms with Crippen LogP contribution in [0.2, 0.25) is 0 Å². The second-order valence-corrected chi connectivity index (χ2v) is 5.08. The van der Waals surface area contributed by atoms with E-state index in [2.05, 4.69) is 20.1 Å². The third-order valence-electron chi connectivity index (χ3n) is 3.03. The molecule has 4 N–H and O–H groups in total. The minimum Gasteiger partial charge on any atom is -0.478 e. The Balaban J connectivity index is -0.000000231. The van der Waals surface area contributed by atoms with Crippen LogP contribution in [0.1, 0.15) is 59.3 Å². The molecule has 5 nitrogen and oxygen atoms in total. The molecule has 1 rings (SSSR count). The van der Waals surface area contributed by atoms with Crippen molar-refractivity contribution in [3.8, 4) is 0 Å². The van der Waals surface area contributed by atoms with E-state index in [1.54, 1.807) is 0 Å². The highest BCUT2D eigenvalue weighted by Gasteiger charge is 2.09. The van der Waals surface area contributed by atoms with Gasteiger partial charge in [0.25, 0.3) is 0 Å². The summed E-state index contributed by atoms with van der Waals surface area (Å²) in [5.41, 5.74) is 0.352. The molecule has 0 spiro atoms. The smallest absolute Gasteiger partial charge is 0.330 e. The van der Waals surface area contributed by atoms with Gasteiger partial charge in [-0.25, -0.2) is 9.59 Å². The molecule has 5 heteroatoms. The average Bonchev–Trinajstić information content (AvgIpc) is 2.40. The second kappa shape index (κ2) is 14.8. The van der Waals surface area contributed by atoms with Crippen molar-refractivity contribution in [3.63, 3.8) is 0 Å². The number of carbonyl (C=O) groups is 2. The molecule has 0 aromatic carbocycles. The van der Waals surface area contributed by atoms with E-state index in [-0.39, 0.29) is 16.6 Å². The molecule has 0 radical (unpaired) electrons. The van der Waals surface area contributed by atoms with E-state index in [4.69, 9.17) is 10.2 Å². The monoisotopic (exact) mass is 302 g/mol. The van der Waals surface area contributed by atoms with E-state index < -0.39 is 11.9 Å². The van der Waals surface area contributed by atoms with Gasteiger partial charge < -0.3 is 15.7 Å². The number of hydrogen-bond donors (Lipinski definition) is 2. The zero-order valence-corrected chi connectivity index (χ0v) is 13.4. The van der Waals surface area contributed by atoms with E-state index in [1.165, 1.54) is 52.4 Å². The van der Waals surface area contributed by atoms with Gasteiger partial charge in [0.2, 0.25) is 0 Å². The minimum atomic E-state index is -0.935. The van der Waals surface area contributed by atoms with E-state index in [0.717, 1.165) is 5.92 Å². The van der Waals surface area contributed by atoms with Crippen molar-refractivity contribution in [2.24, 2.45) is 5.92 Å². The molecule has 0 bridgehead atoms.